The van der Waals surface area contributed by atoms with E-state index in [9.17, 15) is 24.5 Å². The number of benzene rings is 1. The zero-order valence-electron chi connectivity index (χ0n) is 16.0. The smallest absolute Gasteiger partial charge is 0.373 e. The Morgan fingerprint density at radius 3 is 2.73 bits per heavy atom. The third-order valence-electron chi connectivity index (χ3n) is 4.12. The normalized spacial score (nSPS) is 14.7. The van der Waals surface area contributed by atoms with E-state index in [1.807, 2.05) is 0 Å². The molecule has 1 aliphatic rings. The standard InChI is InChI=1S/C19H17N3O8/c1-3-29-15-6-4-11(9-14(15)22(26)27)8-13-17(23)21(19(25)20-13)10-12-5-7-16(30-12)18(24)28-2/h4-9H,3,10H2,1-2H3,(H,20,25). The fourth-order valence-corrected chi connectivity index (χ4v) is 2.76. The second kappa shape index (κ2) is 8.47. The first-order chi connectivity index (χ1) is 14.3. The van der Waals surface area contributed by atoms with E-state index in [1.54, 1.807) is 6.92 Å². The highest BCUT2D eigenvalue weighted by Crippen LogP contribution is 2.29. The first kappa shape index (κ1) is 20.6. The van der Waals surface area contributed by atoms with Crippen molar-refractivity contribution in [1.29, 1.82) is 0 Å². The number of hydrogen-bond acceptors (Lipinski definition) is 8. The monoisotopic (exact) mass is 415 g/mol. The molecule has 11 nitrogen and oxygen atoms in total. The molecular weight excluding hydrogens is 398 g/mol. The van der Waals surface area contributed by atoms with Gasteiger partial charge in [-0.15, -0.1) is 0 Å². The van der Waals surface area contributed by atoms with Gasteiger partial charge >= 0.3 is 17.7 Å². The van der Waals surface area contributed by atoms with E-state index in [1.165, 1.54) is 43.5 Å². The Morgan fingerprint density at radius 1 is 1.30 bits per heavy atom. The van der Waals surface area contributed by atoms with Crippen LogP contribution >= 0.6 is 0 Å². The quantitative estimate of drug-likeness (QED) is 0.239. The summed E-state index contributed by atoms with van der Waals surface area (Å²) < 4.78 is 15.0. The number of amides is 3. The molecule has 1 aromatic heterocycles. The van der Waals surface area contributed by atoms with Crippen molar-refractivity contribution in [2.24, 2.45) is 0 Å². The van der Waals surface area contributed by atoms with Crippen LogP contribution in [-0.4, -0.2) is 41.4 Å². The Balaban J connectivity index is 1.81. The molecule has 0 atom stereocenters. The summed E-state index contributed by atoms with van der Waals surface area (Å²) >= 11 is 0. The first-order valence-corrected chi connectivity index (χ1v) is 8.76. The Hall–Kier alpha value is -4.15. The van der Waals surface area contributed by atoms with Crippen LogP contribution in [0.3, 0.4) is 0 Å². The van der Waals surface area contributed by atoms with Gasteiger partial charge in [0.15, 0.2) is 5.75 Å². The maximum Gasteiger partial charge on any atom is 0.373 e. The molecular formula is C19H17N3O8. The van der Waals surface area contributed by atoms with Crippen molar-refractivity contribution in [3.8, 4) is 5.75 Å². The maximum atomic E-state index is 12.6. The summed E-state index contributed by atoms with van der Waals surface area (Å²) in [5, 5.41) is 13.7. The Bertz CT molecular complexity index is 1060. The van der Waals surface area contributed by atoms with Gasteiger partial charge in [-0.1, -0.05) is 6.07 Å². The summed E-state index contributed by atoms with van der Waals surface area (Å²) in [5.41, 5.74) is 0.0191. The highest BCUT2D eigenvalue weighted by atomic mass is 16.6. The number of nitrogens with one attached hydrogen (secondary N) is 1. The molecule has 1 aromatic carbocycles. The van der Waals surface area contributed by atoms with Crippen molar-refractivity contribution in [2.75, 3.05) is 13.7 Å². The average molecular weight is 415 g/mol. The summed E-state index contributed by atoms with van der Waals surface area (Å²) in [7, 11) is 1.20. The van der Waals surface area contributed by atoms with Crippen molar-refractivity contribution in [3.05, 3.63) is 63.2 Å². The summed E-state index contributed by atoms with van der Waals surface area (Å²) in [4.78, 5) is 47.8. The van der Waals surface area contributed by atoms with Crippen LogP contribution in [0.4, 0.5) is 10.5 Å². The number of ether oxygens (including phenoxy) is 2. The van der Waals surface area contributed by atoms with Crippen LogP contribution in [0.15, 0.2) is 40.4 Å². The van der Waals surface area contributed by atoms with Gasteiger partial charge in [-0.3, -0.25) is 19.8 Å². The van der Waals surface area contributed by atoms with Gasteiger partial charge in [0, 0.05) is 6.07 Å². The van der Waals surface area contributed by atoms with Crippen molar-refractivity contribution in [2.45, 2.75) is 13.5 Å². The van der Waals surface area contributed by atoms with Crippen molar-refractivity contribution in [1.82, 2.24) is 10.2 Å². The fraction of sp³-hybridized carbons (Fsp3) is 0.211. The molecule has 3 amide bonds. The van der Waals surface area contributed by atoms with E-state index in [0.29, 0.717) is 5.56 Å². The lowest BCUT2D eigenvalue weighted by molar-refractivity contribution is -0.385. The summed E-state index contributed by atoms with van der Waals surface area (Å²) in [6.07, 6.45) is 1.32. The third kappa shape index (κ3) is 4.14. The molecule has 0 saturated carbocycles. The molecule has 1 N–H and O–H groups in total. The van der Waals surface area contributed by atoms with Gasteiger partial charge in [-0.25, -0.2) is 9.59 Å². The molecule has 1 fully saturated rings. The van der Waals surface area contributed by atoms with Gasteiger partial charge in [0.05, 0.1) is 25.2 Å². The number of nitro benzene ring substituents is 1. The van der Waals surface area contributed by atoms with Crippen LogP contribution in [0.2, 0.25) is 0 Å². The number of carbonyl (C=O) groups is 3. The van der Waals surface area contributed by atoms with Crippen LogP contribution < -0.4 is 10.1 Å². The number of imide groups is 1. The molecule has 30 heavy (non-hydrogen) atoms. The molecule has 2 heterocycles. The topological polar surface area (TPSA) is 141 Å². The van der Waals surface area contributed by atoms with Gasteiger partial charge in [0.2, 0.25) is 5.76 Å². The lowest BCUT2D eigenvalue weighted by Crippen LogP contribution is -2.30. The molecule has 3 rings (SSSR count). The zero-order valence-corrected chi connectivity index (χ0v) is 16.0. The SMILES string of the molecule is CCOc1ccc(C=C2NC(=O)N(Cc3ccc(C(=O)OC)o3)C2=O)cc1[N+](=O)[O-]. The molecule has 0 radical (unpaired) electrons. The molecule has 11 heteroatoms. The summed E-state index contributed by atoms with van der Waals surface area (Å²) in [5.74, 6) is -1.08. The lowest BCUT2D eigenvalue weighted by Gasteiger charge is -2.09. The number of methoxy groups -OCH3 is 1. The number of esters is 1. The second-order valence-electron chi connectivity index (χ2n) is 6.05. The number of carbonyl (C=O) groups excluding carboxylic acids is 3. The lowest BCUT2D eigenvalue weighted by atomic mass is 10.1. The summed E-state index contributed by atoms with van der Waals surface area (Å²) in [6, 6.07) is 6.32. The van der Waals surface area contributed by atoms with E-state index >= 15 is 0 Å². The molecule has 2 aromatic rings. The minimum atomic E-state index is -0.692. The molecule has 0 bridgehead atoms. The van der Waals surface area contributed by atoms with Crippen molar-refractivity contribution in [3.63, 3.8) is 0 Å². The van der Waals surface area contributed by atoms with Crippen LogP contribution in [0.1, 0.15) is 28.8 Å². The van der Waals surface area contributed by atoms with Gasteiger partial charge in [0.25, 0.3) is 5.91 Å². The Kier molecular flexibility index (Phi) is 5.81. The predicted molar refractivity (Wildman–Crippen MR) is 101 cm³/mol. The molecule has 1 aliphatic heterocycles. The van der Waals surface area contributed by atoms with Crippen LogP contribution in [0.5, 0.6) is 5.75 Å². The van der Waals surface area contributed by atoms with E-state index in [4.69, 9.17) is 9.15 Å². The number of hydrogen-bond donors (Lipinski definition) is 1. The van der Waals surface area contributed by atoms with Crippen LogP contribution in [-0.2, 0) is 16.1 Å². The van der Waals surface area contributed by atoms with E-state index in [0.717, 1.165) is 4.90 Å². The van der Waals surface area contributed by atoms with Gasteiger partial charge in [-0.2, -0.15) is 0 Å². The van der Waals surface area contributed by atoms with E-state index in [-0.39, 0.29) is 41.8 Å². The molecule has 0 spiro atoms. The average Bonchev–Trinajstić information content (AvgIpc) is 3.29. The first-order valence-electron chi connectivity index (χ1n) is 8.76. The highest BCUT2D eigenvalue weighted by Gasteiger charge is 2.34. The Labute approximate surface area is 170 Å². The van der Waals surface area contributed by atoms with Gasteiger partial charge in [-0.05, 0) is 36.8 Å². The number of furan rings is 1. The largest absolute Gasteiger partial charge is 0.487 e. The number of nitrogens with zero attached hydrogens (tertiary/aromatic N) is 2. The summed E-state index contributed by atoms with van der Waals surface area (Å²) in [6.45, 7) is 1.76. The molecule has 1 saturated heterocycles. The predicted octanol–water partition coefficient (Wildman–Crippen LogP) is 2.47. The van der Waals surface area contributed by atoms with Crippen LogP contribution in [0.25, 0.3) is 6.08 Å². The number of nitro groups is 1. The number of urea groups is 1. The van der Waals surface area contributed by atoms with Crippen molar-refractivity contribution >= 4 is 29.7 Å². The van der Waals surface area contributed by atoms with Crippen LogP contribution in [0, 0.1) is 10.1 Å². The minimum Gasteiger partial charge on any atom is -0.487 e. The van der Waals surface area contributed by atoms with Crippen molar-refractivity contribution < 1.29 is 33.2 Å². The Morgan fingerprint density at radius 2 is 2.07 bits per heavy atom. The van der Waals surface area contributed by atoms with E-state index in [2.05, 4.69) is 10.1 Å². The van der Waals surface area contributed by atoms with E-state index < -0.39 is 22.8 Å². The zero-order chi connectivity index (χ0) is 21.8. The molecule has 156 valence electrons. The molecule has 0 aliphatic carbocycles. The second-order valence-corrected chi connectivity index (χ2v) is 6.05. The minimum absolute atomic E-state index is 0.0572. The van der Waals surface area contributed by atoms with Gasteiger partial charge in [0.1, 0.15) is 11.5 Å². The number of rotatable bonds is 7. The van der Waals surface area contributed by atoms with Gasteiger partial charge < -0.3 is 19.2 Å². The highest BCUT2D eigenvalue weighted by molar-refractivity contribution is 6.13. The fourth-order valence-electron chi connectivity index (χ4n) is 2.76. The third-order valence-corrected chi connectivity index (χ3v) is 4.12. The molecule has 0 unspecified atom stereocenters. The maximum absolute atomic E-state index is 12.6.